The minimum atomic E-state index is -0.616. The number of carbonyl (C=O) groups excluding carboxylic acids is 3. The average molecular weight is 560 g/mol. The number of nitrogens with zero attached hydrogens (tertiary/aromatic N) is 2. The van der Waals surface area contributed by atoms with Gasteiger partial charge in [0.1, 0.15) is 23.7 Å². The smallest absolute Gasteiger partial charge is 0.255 e. The third-order valence-corrected chi connectivity index (χ3v) is 9.13. The Morgan fingerprint density at radius 2 is 1.76 bits per heavy atom. The van der Waals surface area contributed by atoms with E-state index in [1.54, 1.807) is 23.1 Å². The number of hydrogen-bond donors (Lipinski definition) is 1. The summed E-state index contributed by atoms with van der Waals surface area (Å²) in [7, 11) is 0. The summed E-state index contributed by atoms with van der Waals surface area (Å²) >= 11 is 0. The van der Waals surface area contributed by atoms with Crippen molar-refractivity contribution in [2.75, 3.05) is 19.6 Å². The van der Waals surface area contributed by atoms with Crippen LogP contribution in [0.4, 0.5) is 4.39 Å². The predicted molar refractivity (Wildman–Crippen MR) is 154 cm³/mol. The van der Waals surface area contributed by atoms with Gasteiger partial charge < -0.3 is 9.64 Å². The monoisotopic (exact) mass is 559 g/mol. The number of piperidine rings is 2. The number of halogens is 1. The molecule has 2 fully saturated rings. The number of allylic oxidation sites excluding steroid dienone is 1. The first-order valence-electron chi connectivity index (χ1n) is 14.8. The Hall–Kier alpha value is -3.52. The molecule has 3 heterocycles. The van der Waals surface area contributed by atoms with Crippen LogP contribution < -0.4 is 10.1 Å². The summed E-state index contributed by atoms with van der Waals surface area (Å²) in [5.74, 6) is -0.312. The number of carbonyl (C=O) groups is 3. The van der Waals surface area contributed by atoms with Crippen molar-refractivity contribution in [2.24, 2.45) is 5.41 Å². The van der Waals surface area contributed by atoms with E-state index in [9.17, 15) is 18.8 Å². The number of nitrogens with one attached hydrogen (secondary N) is 1. The van der Waals surface area contributed by atoms with Crippen molar-refractivity contribution >= 4 is 23.3 Å². The molecular formula is C33H38FN3O4. The fourth-order valence-corrected chi connectivity index (χ4v) is 6.74. The van der Waals surface area contributed by atoms with Gasteiger partial charge in [0.2, 0.25) is 11.8 Å². The van der Waals surface area contributed by atoms with Gasteiger partial charge in [-0.25, -0.2) is 4.39 Å². The van der Waals surface area contributed by atoms with Crippen molar-refractivity contribution in [2.45, 2.75) is 77.5 Å². The van der Waals surface area contributed by atoms with E-state index in [4.69, 9.17) is 4.74 Å². The molecule has 2 saturated heterocycles. The Kier molecular flexibility index (Phi) is 7.45. The predicted octanol–water partition coefficient (Wildman–Crippen LogP) is 5.09. The zero-order chi connectivity index (χ0) is 28.7. The quantitative estimate of drug-likeness (QED) is 0.499. The number of rotatable bonds is 6. The van der Waals surface area contributed by atoms with Gasteiger partial charge in [0, 0.05) is 38.2 Å². The Morgan fingerprint density at radius 3 is 2.49 bits per heavy atom. The van der Waals surface area contributed by atoms with Gasteiger partial charge in [-0.05, 0) is 91.0 Å². The normalized spacial score (nSPS) is 23.5. The number of ether oxygens (including phenoxy) is 1. The molecule has 0 radical (unpaired) electrons. The van der Waals surface area contributed by atoms with E-state index in [0.717, 1.165) is 68.6 Å². The molecule has 0 spiro atoms. The topological polar surface area (TPSA) is 79.0 Å². The number of likely N-dealkylation sites (tertiary alicyclic amines) is 1. The van der Waals surface area contributed by atoms with E-state index in [2.05, 4.69) is 24.1 Å². The number of hydrogen-bond acceptors (Lipinski definition) is 5. The molecule has 4 aliphatic rings. The van der Waals surface area contributed by atoms with Gasteiger partial charge in [0.05, 0.1) is 0 Å². The Morgan fingerprint density at radius 1 is 1.00 bits per heavy atom. The second kappa shape index (κ2) is 11.0. The summed E-state index contributed by atoms with van der Waals surface area (Å²) in [5, 5.41) is 2.35. The fourth-order valence-electron chi connectivity index (χ4n) is 6.74. The van der Waals surface area contributed by atoms with E-state index < -0.39 is 11.9 Å². The molecule has 3 aliphatic heterocycles. The summed E-state index contributed by atoms with van der Waals surface area (Å²) < 4.78 is 20.0. The highest BCUT2D eigenvalue weighted by Gasteiger charge is 2.39. The highest BCUT2D eigenvalue weighted by atomic mass is 19.1. The molecule has 3 amide bonds. The summed E-state index contributed by atoms with van der Waals surface area (Å²) in [6, 6.07) is 11.9. The van der Waals surface area contributed by atoms with Crippen LogP contribution in [0.1, 0.15) is 80.3 Å². The highest BCUT2D eigenvalue weighted by molar-refractivity contribution is 6.05. The minimum Gasteiger partial charge on any atom is -0.490 e. The Balaban J connectivity index is 1.07. The lowest BCUT2D eigenvalue weighted by Gasteiger charge is -2.37. The van der Waals surface area contributed by atoms with E-state index in [-0.39, 0.29) is 35.6 Å². The molecule has 0 saturated carbocycles. The van der Waals surface area contributed by atoms with Gasteiger partial charge in [0.25, 0.3) is 5.91 Å². The number of amides is 3. The van der Waals surface area contributed by atoms with Crippen LogP contribution in [-0.2, 0) is 16.1 Å². The first-order chi connectivity index (χ1) is 19.6. The van der Waals surface area contributed by atoms with E-state index in [1.807, 2.05) is 24.3 Å². The van der Waals surface area contributed by atoms with Gasteiger partial charge >= 0.3 is 0 Å². The summed E-state index contributed by atoms with van der Waals surface area (Å²) in [6.07, 6.45) is 5.78. The minimum absolute atomic E-state index is 0.100. The highest BCUT2D eigenvalue weighted by Crippen LogP contribution is 2.43. The van der Waals surface area contributed by atoms with Crippen LogP contribution in [0.2, 0.25) is 0 Å². The van der Waals surface area contributed by atoms with Crippen molar-refractivity contribution in [3.8, 4) is 5.75 Å². The largest absolute Gasteiger partial charge is 0.490 e. The van der Waals surface area contributed by atoms with Gasteiger partial charge in [0.15, 0.2) is 0 Å². The number of benzene rings is 2. The second-order valence-corrected chi connectivity index (χ2v) is 12.7. The molecule has 7 nitrogen and oxygen atoms in total. The zero-order valence-electron chi connectivity index (χ0n) is 23.9. The molecule has 41 heavy (non-hydrogen) atoms. The number of fused-ring (bicyclic) bond motifs is 1. The van der Waals surface area contributed by atoms with Crippen molar-refractivity contribution in [1.82, 2.24) is 15.1 Å². The lowest BCUT2D eigenvalue weighted by Crippen LogP contribution is -2.52. The molecule has 8 heteroatoms. The molecule has 1 atom stereocenters. The molecule has 0 aromatic heterocycles. The Bertz CT molecular complexity index is 1390. The van der Waals surface area contributed by atoms with E-state index in [1.165, 1.54) is 11.1 Å². The molecule has 2 aromatic carbocycles. The zero-order valence-corrected chi connectivity index (χ0v) is 23.9. The van der Waals surface area contributed by atoms with Gasteiger partial charge in [-0.1, -0.05) is 31.6 Å². The summed E-state index contributed by atoms with van der Waals surface area (Å²) in [4.78, 5) is 40.9. The van der Waals surface area contributed by atoms with E-state index >= 15 is 0 Å². The van der Waals surface area contributed by atoms with Crippen molar-refractivity contribution < 1.29 is 23.5 Å². The first kappa shape index (κ1) is 27.6. The lowest BCUT2D eigenvalue weighted by molar-refractivity contribution is -0.136. The SMILES string of the molecule is CC1(C)CCC(CN2CCC(Oc3ccc4c(c3)CN(C3CCC(=O)NC3=O)C4=O)CC2)=C(c2ccc(F)cc2)C1. The second-order valence-electron chi connectivity index (χ2n) is 12.7. The maximum atomic E-state index is 13.6. The van der Waals surface area contributed by atoms with Gasteiger partial charge in [-0.3, -0.25) is 24.6 Å². The van der Waals surface area contributed by atoms with Crippen LogP contribution in [0.15, 0.2) is 48.0 Å². The molecule has 0 bridgehead atoms. The van der Waals surface area contributed by atoms with Crippen molar-refractivity contribution in [3.63, 3.8) is 0 Å². The van der Waals surface area contributed by atoms with Crippen LogP contribution in [0.25, 0.3) is 5.57 Å². The fraction of sp³-hybridized carbons (Fsp3) is 0.485. The Labute approximate surface area is 240 Å². The molecule has 2 aromatic rings. The maximum Gasteiger partial charge on any atom is 0.255 e. The molecular weight excluding hydrogens is 521 g/mol. The molecule has 1 N–H and O–H groups in total. The van der Waals surface area contributed by atoms with Gasteiger partial charge in [-0.15, -0.1) is 0 Å². The lowest BCUT2D eigenvalue weighted by atomic mass is 9.72. The van der Waals surface area contributed by atoms with Crippen LogP contribution >= 0.6 is 0 Å². The number of imide groups is 1. The van der Waals surface area contributed by atoms with Crippen LogP contribution in [0.5, 0.6) is 5.75 Å². The molecule has 6 rings (SSSR count). The van der Waals surface area contributed by atoms with Crippen molar-refractivity contribution in [1.29, 1.82) is 0 Å². The molecule has 216 valence electrons. The summed E-state index contributed by atoms with van der Waals surface area (Å²) in [6.45, 7) is 7.81. The maximum absolute atomic E-state index is 13.6. The van der Waals surface area contributed by atoms with Crippen LogP contribution in [0, 0.1) is 11.2 Å². The first-order valence-corrected chi connectivity index (χ1v) is 14.8. The third-order valence-electron chi connectivity index (χ3n) is 9.13. The summed E-state index contributed by atoms with van der Waals surface area (Å²) in [5.41, 5.74) is 5.68. The molecule has 1 unspecified atom stereocenters. The standard InChI is InChI=1S/C33H38FN3O4/c1-33(2)14-11-22(28(18-33)21-3-5-24(34)6-4-21)19-36-15-12-25(13-16-36)41-26-7-8-27-23(17-26)20-37(32(27)40)29-9-10-30(38)35-31(29)39/h3-8,17,25,29H,9-16,18-20H2,1-2H3,(H,35,38,39). The van der Waals surface area contributed by atoms with Crippen molar-refractivity contribution in [3.05, 3.63) is 70.5 Å². The molecule has 1 aliphatic carbocycles. The van der Waals surface area contributed by atoms with Crippen LogP contribution in [0.3, 0.4) is 0 Å². The third kappa shape index (κ3) is 5.94. The van der Waals surface area contributed by atoms with E-state index in [0.29, 0.717) is 18.5 Å². The van der Waals surface area contributed by atoms with Gasteiger partial charge in [-0.2, -0.15) is 0 Å². The van der Waals surface area contributed by atoms with Crippen LogP contribution in [-0.4, -0.2) is 59.3 Å². The average Bonchev–Trinajstić information content (AvgIpc) is 3.26.